The van der Waals surface area contributed by atoms with E-state index in [4.69, 9.17) is 9.73 Å². The first-order valence-corrected chi connectivity index (χ1v) is 8.59. The van der Waals surface area contributed by atoms with Gasteiger partial charge in [-0.15, -0.1) is 0 Å². The lowest BCUT2D eigenvalue weighted by Gasteiger charge is -2.45. The molecule has 5 rings (SSSR count). The second-order valence-electron chi connectivity index (χ2n) is 7.41. The molecule has 5 heteroatoms. The lowest BCUT2D eigenvalue weighted by Crippen LogP contribution is -2.61. The summed E-state index contributed by atoms with van der Waals surface area (Å²) in [7, 11) is 1.96. The topological polar surface area (TPSA) is 37.7 Å². The first-order chi connectivity index (χ1) is 12.4. The molecule has 0 amide bonds. The van der Waals surface area contributed by atoms with Crippen LogP contribution in [-0.4, -0.2) is 24.0 Å². The van der Waals surface area contributed by atoms with Gasteiger partial charge in [-0.2, -0.15) is 0 Å². The standard InChI is InChI=1S/C21H18FN3O/c1-20(2)16-10-14(22)5-7-18(16)25(3)21(20)12-24-17-6-4-13-8-9-23-11-15(13)19(17)26-21/h4-12H,1-3H3. The Morgan fingerprint density at radius 3 is 2.81 bits per heavy atom. The molecule has 1 atom stereocenters. The number of fused-ring (bicyclic) bond motifs is 4. The summed E-state index contributed by atoms with van der Waals surface area (Å²) in [5, 5.41) is 1.97. The number of hydrogen-bond acceptors (Lipinski definition) is 4. The van der Waals surface area contributed by atoms with Crippen molar-refractivity contribution in [1.82, 2.24) is 4.98 Å². The lowest BCUT2D eigenvalue weighted by atomic mass is 9.77. The van der Waals surface area contributed by atoms with Gasteiger partial charge in [0.05, 0.1) is 11.6 Å². The summed E-state index contributed by atoms with van der Waals surface area (Å²) in [5.74, 6) is 0.469. The van der Waals surface area contributed by atoms with Gasteiger partial charge < -0.3 is 9.64 Å². The maximum absolute atomic E-state index is 13.9. The number of nitrogens with zero attached hydrogens (tertiary/aromatic N) is 3. The number of halogens is 1. The maximum atomic E-state index is 13.9. The molecule has 1 unspecified atom stereocenters. The number of ether oxygens (including phenoxy) is 1. The van der Waals surface area contributed by atoms with Gasteiger partial charge in [0.25, 0.3) is 0 Å². The molecule has 2 aliphatic heterocycles. The van der Waals surface area contributed by atoms with E-state index < -0.39 is 11.1 Å². The van der Waals surface area contributed by atoms with Crippen LogP contribution in [0.1, 0.15) is 19.4 Å². The highest BCUT2D eigenvalue weighted by molar-refractivity contribution is 5.96. The molecule has 1 aromatic heterocycles. The summed E-state index contributed by atoms with van der Waals surface area (Å²) >= 11 is 0. The quantitative estimate of drug-likeness (QED) is 0.597. The number of hydrogen-bond donors (Lipinski definition) is 0. The molecule has 2 aliphatic rings. The van der Waals surface area contributed by atoms with Crippen LogP contribution in [0, 0.1) is 5.82 Å². The van der Waals surface area contributed by atoms with Crippen molar-refractivity contribution in [3.05, 3.63) is 60.2 Å². The molecular formula is C21H18FN3O. The van der Waals surface area contributed by atoms with Gasteiger partial charge in [0.1, 0.15) is 11.5 Å². The minimum Gasteiger partial charge on any atom is -0.459 e. The summed E-state index contributed by atoms with van der Waals surface area (Å²) < 4.78 is 20.6. The Morgan fingerprint density at radius 1 is 1.12 bits per heavy atom. The summed E-state index contributed by atoms with van der Waals surface area (Å²) in [6.45, 7) is 4.13. The molecule has 1 spiro atoms. The number of aliphatic imine (C=N–C) groups is 1. The number of aromatic nitrogens is 1. The summed E-state index contributed by atoms with van der Waals surface area (Å²) in [5.41, 5.74) is 1.31. The smallest absolute Gasteiger partial charge is 0.228 e. The van der Waals surface area contributed by atoms with E-state index in [9.17, 15) is 4.39 Å². The van der Waals surface area contributed by atoms with E-state index in [-0.39, 0.29) is 5.82 Å². The Bertz CT molecular complexity index is 1090. The Kier molecular flexibility index (Phi) is 2.84. The van der Waals surface area contributed by atoms with Crippen LogP contribution < -0.4 is 9.64 Å². The molecule has 26 heavy (non-hydrogen) atoms. The largest absolute Gasteiger partial charge is 0.459 e. The second kappa shape index (κ2) is 4.81. The molecule has 3 heterocycles. The van der Waals surface area contributed by atoms with Crippen LogP contribution in [-0.2, 0) is 5.41 Å². The van der Waals surface area contributed by atoms with Crippen molar-refractivity contribution < 1.29 is 9.13 Å². The van der Waals surface area contributed by atoms with Crippen LogP contribution in [0.25, 0.3) is 10.8 Å². The van der Waals surface area contributed by atoms with Crippen LogP contribution in [0.3, 0.4) is 0 Å². The third-order valence-corrected chi connectivity index (χ3v) is 5.78. The zero-order chi connectivity index (χ0) is 18.1. The predicted molar refractivity (Wildman–Crippen MR) is 101 cm³/mol. The molecule has 0 saturated heterocycles. The fourth-order valence-electron chi connectivity index (χ4n) is 4.21. The zero-order valence-corrected chi connectivity index (χ0v) is 14.8. The Labute approximate surface area is 151 Å². The van der Waals surface area contributed by atoms with Gasteiger partial charge in [-0.1, -0.05) is 6.07 Å². The molecule has 0 fully saturated rings. The van der Waals surface area contributed by atoms with Crippen molar-refractivity contribution in [2.75, 3.05) is 11.9 Å². The van der Waals surface area contributed by atoms with E-state index in [2.05, 4.69) is 18.8 Å². The molecular weight excluding hydrogens is 329 g/mol. The minimum absolute atomic E-state index is 0.245. The highest BCUT2D eigenvalue weighted by atomic mass is 19.1. The summed E-state index contributed by atoms with van der Waals surface area (Å²) in [6.07, 6.45) is 5.41. The average molecular weight is 347 g/mol. The van der Waals surface area contributed by atoms with Crippen LogP contribution in [0.5, 0.6) is 5.75 Å². The monoisotopic (exact) mass is 347 g/mol. The molecule has 2 aromatic carbocycles. The van der Waals surface area contributed by atoms with E-state index in [1.54, 1.807) is 24.5 Å². The molecule has 0 radical (unpaired) electrons. The van der Waals surface area contributed by atoms with E-state index in [0.717, 1.165) is 27.7 Å². The van der Waals surface area contributed by atoms with E-state index >= 15 is 0 Å². The van der Waals surface area contributed by atoms with Crippen molar-refractivity contribution in [2.45, 2.75) is 25.0 Å². The number of likely N-dealkylation sites (N-methyl/N-ethyl adjacent to an activating group) is 1. The van der Waals surface area contributed by atoms with Crippen LogP contribution >= 0.6 is 0 Å². The lowest BCUT2D eigenvalue weighted by molar-refractivity contribution is 0.0841. The highest BCUT2D eigenvalue weighted by Crippen LogP contribution is 2.54. The SMILES string of the molecule is CN1c2ccc(F)cc2C(C)(C)C12C=Nc1ccc3ccncc3c1O2. The summed E-state index contributed by atoms with van der Waals surface area (Å²) in [4.78, 5) is 11.0. The minimum atomic E-state index is -0.833. The first-order valence-electron chi connectivity index (χ1n) is 8.59. The molecule has 0 aliphatic carbocycles. The van der Waals surface area contributed by atoms with Crippen LogP contribution in [0.15, 0.2) is 53.8 Å². The Balaban J connectivity index is 1.74. The van der Waals surface area contributed by atoms with Crippen LogP contribution in [0.2, 0.25) is 0 Å². The van der Waals surface area contributed by atoms with E-state index in [0.29, 0.717) is 5.75 Å². The number of pyridine rings is 1. The maximum Gasteiger partial charge on any atom is 0.228 e. The van der Waals surface area contributed by atoms with Crippen LogP contribution in [0.4, 0.5) is 15.8 Å². The Morgan fingerprint density at radius 2 is 1.96 bits per heavy atom. The highest BCUT2D eigenvalue weighted by Gasteiger charge is 2.58. The van der Waals surface area contributed by atoms with E-state index in [1.165, 1.54) is 6.07 Å². The fraction of sp³-hybridized carbons (Fsp3) is 0.238. The van der Waals surface area contributed by atoms with Crippen molar-refractivity contribution >= 4 is 28.4 Å². The van der Waals surface area contributed by atoms with Crippen molar-refractivity contribution in [3.8, 4) is 5.75 Å². The van der Waals surface area contributed by atoms with Gasteiger partial charge in [-0.05, 0) is 55.1 Å². The third-order valence-electron chi connectivity index (χ3n) is 5.78. The van der Waals surface area contributed by atoms with Gasteiger partial charge in [-0.3, -0.25) is 9.98 Å². The molecule has 130 valence electrons. The van der Waals surface area contributed by atoms with Gasteiger partial charge in [-0.25, -0.2) is 4.39 Å². The Hall–Kier alpha value is -2.95. The molecule has 0 bridgehead atoms. The van der Waals surface area contributed by atoms with Gasteiger partial charge in [0.2, 0.25) is 5.72 Å². The summed E-state index contributed by atoms with van der Waals surface area (Å²) in [6, 6.07) is 10.8. The van der Waals surface area contributed by atoms with Crippen molar-refractivity contribution in [1.29, 1.82) is 0 Å². The normalized spacial score (nSPS) is 22.4. The van der Waals surface area contributed by atoms with Gasteiger partial charge in [0.15, 0.2) is 5.75 Å². The number of benzene rings is 2. The van der Waals surface area contributed by atoms with Gasteiger partial charge in [0, 0.05) is 30.5 Å². The second-order valence-corrected chi connectivity index (χ2v) is 7.41. The first kappa shape index (κ1) is 15.3. The predicted octanol–water partition coefficient (Wildman–Crippen LogP) is 4.59. The molecule has 3 aromatic rings. The number of rotatable bonds is 0. The van der Waals surface area contributed by atoms with Crippen molar-refractivity contribution in [2.24, 2.45) is 4.99 Å². The number of anilines is 1. The molecule has 0 saturated carbocycles. The third kappa shape index (κ3) is 1.72. The molecule has 0 N–H and O–H groups in total. The average Bonchev–Trinajstić information content (AvgIpc) is 2.80. The fourth-order valence-corrected chi connectivity index (χ4v) is 4.21. The van der Waals surface area contributed by atoms with Gasteiger partial charge >= 0.3 is 0 Å². The zero-order valence-electron chi connectivity index (χ0n) is 14.8. The van der Waals surface area contributed by atoms with Crippen molar-refractivity contribution in [3.63, 3.8) is 0 Å². The van der Waals surface area contributed by atoms with E-state index in [1.807, 2.05) is 36.4 Å². The molecule has 4 nitrogen and oxygen atoms in total.